The third kappa shape index (κ3) is 5.39. The summed E-state index contributed by atoms with van der Waals surface area (Å²) in [5, 5.41) is 7.80. The second-order valence-electron chi connectivity index (χ2n) is 17.8. The lowest BCUT2D eigenvalue weighted by Crippen LogP contribution is -2.61. The Kier molecular flexibility index (Phi) is 7.85. The Labute approximate surface area is 369 Å². The summed E-state index contributed by atoms with van der Waals surface area (Å²) in [5.74, 6) is 0. The van der Waals surface area contributed by atoms with Crippen molar-refractivity contribution in [1.82, 2.24) is 0 Å². The van der Waals surface area contributed by atoms with Crippen molar-refractivity contribution in [3.8, 4) is 11.1 Å². The highest BCUT2D eigenvalue weighted by Gasteiger charge is 2.44. The molecule has 10 aromatic rings. The van der Waals surface area contributed by atoms with Crippen LogP contribution in [0.5, 0.6) is 0 Å². The molecule has 0 saturated carbocycles. The fourth-order valence-electron chi connectivity index (χ4n) is 10.9. The third-order valence-corrected chi connectivity index (χ3v) is 17.5. The number of nitrogens with zero attached hydrogens (tertiary/aromatic N) is 3. The molecule has 0 N–H and O–H groups in total. The minimum absolute atomic E-state index is 0.0106. The number of rotatable bonds is 3. The van der Waals surface area contributed by atoms with Crippen LogP contribution in [-0.2, 0) is 0 Å². The largest absolute Gasteiger partial charge is 0.311 e. The van der Waals surface area contributed by atoms with Crippen LogP contribution in [0.3, 0.4) is 0 Å². The van der Waals surface area contributed by atoms with Gasteiger partial charge in [-0.2, -0.15) is 0 Å². The number of hydrogen-bond acceptors (Lipinski definition) is 3. The first-order valence-corrected chi connectivity index (χ1v) is 25.0. The number of hydrogen-bond donors (Lipinski definition) is 0. The fourth-order valence-corrected chi connectivity index (χ4v) is 13.3. The Morgan fingerprint density at radius 1 is 0.333 bits per heavy atom. The molecule has 5 heteroatoms. The molecule has 3 nitrogen and oxygen atoms in total. The predicted octanol–water partition coefficient (Wildman–Crippen LogP) is 12.3. The first kappa shape index (κ1) is 36.1. The van der Waals surface area contributed by atoms with Crippen molar-refractivity contribution < 1.29 is 0 Å². The van der Waals surface area contributed by atoms with Gasteiger partial charge in [0.2, 0.25) is 0 Å². The van der Waals surface area contributed by atoms with Gasteiger partial charge >= 0.3 is 0 Å². The van der Waals surface area contributed by atoms with Crippen LogP contribution in [0.4, 0.5) is 51.2 Å². The number of fused-ring (bicyclic) bond motifs is 13. The molecular weight excluding hydrogens is 778 g/mol. The molecular formula is C58H42BN3Si. The van der Waals surface area contributed by atoms with Gasteiger partial charge in [-0.25, -0.2) is 0 Å². The van der Waals surface area contributed by atoms with Crippen molar-refractivity contribution >= 4 is 114 Å². The molecule has 0 aliphatic carbocycles. The quantitative estimate of drug-likeness (QED) is 0.130. The summed E-state index contributed by atoms with van der Waals surface area (Å²) in [6.07, 6.45) is 0. The van der Waals surface area contributed by atoms with Crippen LogP contribution in [-0.4, -0.2) is 14.8 Å². The molecule has 0 amide bonds. The summed E-state index contributed by atoms with van der Waals surface area (Å²) >= 11 is 0. The van der Waals surface area contributed by atoms with E-state index in [0.717, 1.165) is 11.4 Å². The van der Waals surface area contributed by atoms with Gasteiger partial charge in [0.15, 0.2) is 0 Å². The maximum atomic E-state index is 2.60. The van der Waals surface area contributed by atoms with E-state index in [1.54, 1.807) is 0 Å². The molecule has 0 fully saturated rings. The average molecular weight is 820 g/mol. The summed E-state index contributed by atoms with van der Waals surface area (Å²) in [7, 11) is -2.24. The molecule has 3 heterocycles. The summed E-state index contributed by atoms with van der Waals surface area (Å²) < 4.78 is 0. The van der Waals surface area contributed by atoms with E-state index in [1.165, 1.54) is 99.2 Å². The smallest absolute Gasteiger partial charge is 0.252 e. The van der Waals surface area contributed by atoms with Crippen molar-refractivity contribution in [1.29, 1.82) is 0 Å². The van der Waals surface area contributed by atoms with E-state index in [1.807, 2.05) is 0 Å². The molecule has 10 aromatic carbocycles. The zero-order chi connectivity index (χ0) is 41.8. The minimum Gasteiger partial charge on any atom is -0.311 e. The lowest BCUT2D eigenvalue weighted by molar-refractivity contribution is 1.24. The van der Waals surface area contributed by atoms with Crippen LogP contribution in [0, 0.1) is 0 Å². The van der Waals surface area contributed by atoms with Gasteiger partial charge in [-0.15, -0.1) is 0 Å². The molecule has 0 atom stereocenters. The Hall–Kier alpha value is -7.60. The molecule has 3 aliphatic rings. The van der Waals surface area contributed by atoms with Gasteiger partial charge in [-0.3, -0.25) is 0 Å². The molecule has 0 aromatic heterocycles. The maximum absolute atomic E-state index is 2.60. The third-order valence-electron chi connectivity index (χ3n) is 14.0. The Bertz CT molecular complexity index is 3480. The van der Waals surface area contributed by atoms with E-state index >= 15 is 0 Å². The predicted molar refractivity (Wildman–Crippen MR) is 272 cm³/mol. The number of benzene rings is 10. The van der Waals surface area contributed by atoms with Gasteiger partial charge in [0.05, 0.1) is 5.69 Å². The molecule has 0 saturated heterocycles. The van der Waals surface area contributed by atoms with Gasteiger partial charge in [-0.05, 0) is 116 Å². The Morgan fingerprint density at radius 3 is 1.63 bits per heavy atom. The van der Waals surface area contributed by atoms with Crippen LogP contribution in [0.2, 0.25) is 13.1 Å². The molecule has 13 rings (SSSR count). The van der Waals surface area contributed by atoms with Gasteiger partial charge in [-0.1, -0.05) is 169 Å². The summed E-state index contributed by atoms with van der Waals surface area (Å²) in [6.45, 7) is 5.03. The zero-order valence-corrected chi connectivity index (χ0v) is 36.2. The number of para-hydroxylation sites is 2. The van der Waals surface area contributed by atoms with Crippen molar-refractivity contribution in [2.75, 3.05) is 14.7 Å². The summed E-state index contributed by atoms with van der Waals surface area (Å²) in [6, 6.07) is 82.2. The maximum Gasteiger partial charge on any atom is 0.252 e. The van der Waals surface area contributed by atoms with Gasteiger partial charge < -0.3 is 14.7 Å². The second kappa shape index (κ2) is 13.7. The van der Waals surface area contributed by atoms with Crippen LogP contribution in [0.1, 0.15) is 0 Å². The molecule has 0 unspecified atom stereocenters. The standard InChI is InChI=1S/C58H42BN3Si/c1-63(2)46-24-15-22-43(36-46)60(54-33-40-19-9-10-26-48(40)49-27-11-12-28-50(49)54)45-31-32-52-55(38-45)62(44-23-16-25-47(63)37-44)57-35-41(39-17-5-3-6-18-39)34-56-58(57)59(52)51-29-13-14-30-53(51)61(56)42-20-7-4-8-21-42/h3-38H,1-2H3. The van der Waals surface area contributed by atoms with E-state index in [2.05, 4.69) is 246 Å². The lowest BCUT2D eigenvalue weighted by atomic mass is 9.33. The molecule has 63 heavy (non-hydrogen) atoms. The van der Waals surface area contributed by atoms with E-state index in [-0.39, 0.29) is 6.71 Å². The molecule has 3 aliphatic heterocycles. The second-order valence-corrected chi connectivity index (χ2v) is 22.2. The first-order chi connectivity index (χ1) is 31.0. The summed E-state index contributed by atoms with van der Waals surface area (Å²) in [4.78, 5) is 7.63. The SMILES string of the molecule is C[Si]1(C)c2cccc(c2)N2c3cc(ccc3B3c4ccccc4N(c4ccccc4)c4cc(-c5ccccc5)cc2c43)N(c2cc3ccccc3c3ccccc23)c2cccc1c2. The summed E-state index contributed by atoms with van der Waals surface area (Å²) in [5.41, 5.74) is 17.0. The van der Waals surface area contributed by atoms with Gasteiger partial charge in [0.25, 0.3) is 6.71 Å². The zero-order valence-electron chi connectivity index (χ0n) is 35.2. The normalized spacial score (nSPS) is 14.2. The highest BCUT2D eigenvalue weighted by Crippen LogP contribution is 2.48. The van der Waals surface area contributed by atoms with Crippen molar-refractivity contribution in [2.45, 2.75) is 13.1 Å². The van der Waals surface area contributed by atoms with Crippen LogP contribution in [0.25, 0.3) is 32.7 Å². The average Bonchev–Trinajstić information content (AvgIpc) is 3.34. The van der Waals surface area contributed by atoms with Gasteiger partial charge in [0.1, 0.15) is 8.07 Å². The molecule has 0 spiro atoms. The highest BCUT2D eigenvalue weighted by molar-refractivity contribution is 7.01. The van der Waals surface area contributed by atoms with Crippen molar-refractivity contribution in [2.24, 2.45) is 0 Å². The lowest BCUT2D eigenvalue weighted by Gasteiger charge is -2.45. The Balaban J connectivity index is 1.16. The topological polar surface area (TPSA) is 9.72 Å². The van der Waals surface area contributed by atoms with Crippen LogP contribution < -0.4 is 41.5 Å². The first-order valence-electron chi connectivity index (χ1n) is 22.0. The molecule has 296 valence electrons. The van der Waals surface area contributed by atoms with Crippen LogP contribution in [0.15, 0.2) is 218 Å². The number of anilines is 9. The van der Waals surface area contributed by atoms with Crippen LogP contribution >= 0.6 is 0 Å². The monoisotopic (exact) mass is 819 g/mol. The Morgan fingerprint density at radius 2 is 0.889 bits per heavy atom. The van der Waals surface area contributed by atoms with E-state index in [9.17, 15) is 0 Å². The van der Waals surface area contributed by atoms with E-state index in [4.69, 9.17) is 0 Å². The highest BCUT2D eigenvalue weighted by atomic mass is 28.3. The van der Waals surface area contributed by atoms with Crippen molar-refractivity contribution in [3.05, 3.63) is 218 Å². The molecule has 6 bridgehead atoms. The van der Waals surface area contributed by atoms with E-state index < -0.39 is 8.07 Å². The van der Waals surface area contributed by atoms with E-state index in [0.29, 0.717) is 0 Å². The minimum atomic E-state index is -2.24. The molecule has 0 radical (unpaired) electrons. The van der Waals surface area contributed by atoms with Gasteiger partial charge in [0, 0.05) is 50.9 Å². The van der Waals surface area contributed by atoms with Crippen molar-refractivity contribution in [3.63, 3.8) is 0 Å². The fraction of sp³-hybridized carbons (Fsp3) is 0.0345.